The Morgan fingerprint density at radius 2 is 2.00 bits per heavy atom. The van der Waals surface area contributed by atoms with Crippen LogP contribution in [-0.4, -0.2) is 25.5 Å². The van der Waals surface area contributed by atoms with Crippen LogP contribution in [0.25, 0.3) is 6.08 Å². The summed E-state index contributed by atoms with van der Waals surface area (Å²) in [6.45, 7) is 4.26. The van der Waals surface area contributed by atoms with Crippen molar-refractivity contribution in [2.45, 2.75) is 26.0 Å². The second-order valence-electron chi connectivity index (χ2n) is 6.16. The van der Waals surface area contributed by atoms with Crippen molar-refractivity contribution in [2.75, 3.05) is 0 Å². The van der Waals surface area contributed by atoms with Crippen LogP contribution < -0.4 is 0 Å². The van der Waals surface area contributed by atoms with E-state index in [-0.39, 0.29) is 5.82 Å². The first-order valence-electron chi connectivity index (χ1n) is 7.12. The summed E-state index contributed by atoms with van der Waals surface area (Å²) in [4.78, 5) is 3.92. The van der Waals surface area contributed by atoms with Crippen LogP contribution in [0.1, 0.15) is 19.4 Å². The lowest BCUT2D eigenvalue weighted by Crippen LogP contribution is -2.45. The molecule has 1 heterocycles. The molecule has 1 aromatic heterocycles. The minimum absolute atomic E-state index is 0.276. The largest absolute Gasteiger partial charge is 0.382 e. The highest BCUT2D eigenvalue weighted by Gasteiger charge is 2.48. The number of nitrogens with zero attached hydrogens (tertiary/aromatic N) is 3. The molecule has 0 fully saturated rings. The van der Waals surface area contributed by atoms with Gasteiger partial charge in [-0.25, -0.2) is 14.1 Å². The van der Waals surface area contributed by atoms with Crippen LogP contribution in [0, 0.1) is 11.2 Å². The zero-order chi connectivity index (χ0) is 15.8. The summed E-state index contributed by atoms with van der Waals surface area (Å²) in [7, 11) is 0. The van der Waals surface area contributed by atoms with Gasteiger partial charge in [-0.1, -0.05) is 38.1 Å². The highest BCUT2D eigenvalue weighted by molar-refractivity contribution is 5.61. The minimum atomic E-state index is -1.10. The molecular formula is C17H18FN3O. The van der Waals surface area contributed by atoms with Crippen LogP contribution in [0.2, 0.25) is 0 Å². The molecule has 5 heteroatoms. The lowest BCUT2D eigenvalue weighted by Gasteiger charge is -2.37. The molecule has 0 amide bonds. The third kappa shape index (κ3) is 2.48. The van der Waals surface area contributed by atoms with Gasteiger partial charge in [-0.15, -0.1) is 0 Å². The maximum absolute atomic E-state index is 13.0. The van der Waals surface area contributed by atoms with Gasteiger partial charge in [-0.2, -0.15) is 5.10 Å². The molecule has 0 radical (unpaired) electrons. The maximum atomic E-state index is 13.0. The van der Waals surface area contributed by atoms with Crippen molar-refractivity contribution in [3.05, 3.63) is 66.0 Å². The molecule has 0 bridgehead atoms. The van der Waals surface area contributed by atoms with E-state index in [9.17, 15) is 9.50 Å². The summed E-state index contributed by atoms with van der Waals surface area (Å²) in [5.41, 5.74) is 0.0790. The van der Waals surface area contributed by atoms with Gasteiger partial charge in [0, 0.05) is 5.41 Å². The summed E-state index contributed by atoms with van der Waals surface area (Å²) in [6.07, 6.45) is 8.81. The molecule has 3 rings (SSSR count). The lowest BCUT2D eigenvalue weighted by molar-refractivity contribution is -0.0142. The SMILES string of the molecule is CC1(C)C=C/C(=C/c2ccc(F)cc2)C1(O)Cn1cncn1. The van der Waals surface area contributed by atoms with Gasteiger partial charge < -0.3 is 5.11 Å². The van der Waals surface area contributed by atoms with E-state index < -0.39 is 11.0 Å². The molecule has 1 aliphatic rings. The van der Waals surface area contributed by atoms with E-state index in [1.165, 1.54) is 18.5 Å². The first-order valence-corrected chi connectivity index (χ1v) is 7.12. The fraction of sp³-hybridized carbons (Fsp3) is 0.294. The van der Waals surface area contributed by atoms with Gasteiger partial charge >= 0.3 is 0 Å². The van der Waals surface area contributed by atoms with Crippen molar-refractivity contribution in [3.63, 3.8) is 0 Å². The number of halogens is 1. The fourth-order valence-corrected chi connectivity index (χ4v) is 2.70. The maximum Gasteiger partial charge on any atom is 0.137 e. The summed E-state index contributed by atoms with van der Waals surface area (Å²) < 4.78 is 14.6. The summed E-state index contributed by atoms with van der Waals surface area (Å²) in [5.74, 6) is -0.276. The Morgan fingerprint density at radius 1 is 1.27 bits per heavy atom. The van der Waals surface area contributed by atoms with E-state index >= 15 is 0 Å². The predicted molar refractivity (Wildman–Crippen MR) is 82.3 cm³/mol. The van der Waals surface area contributed by atoms with Gasteiger partial charge in [0.25, 0.3) is 0 Å². The number of hydrogen-bond donors (Lipinski definition) is 1. The molecule has 0 saturated heterocycles. The molecule has 114 valence electrons. The number of aromatic nitrogens is 3. The van der Waals surface area contributed by atoms with Crippen LogP contribution >= 0.6 is 0 Å². The Kier molecular flexibility index (Phi) is 3.45. The first-order chi connectivity index (χ1) is 10.4. The quantitative estimate of drug-likeness (QED) is 0.948. The molecule has 0 saturated carbocycles. The fourth-order valence-electron chi connectivity index (χ4n) is 2.70. The topological polar surface area (TPSA) is 50.9 Å². The average molecular weight is 299 g/mol. The second kappa shape index (κ2) is 5.18. The minimum Gasteiger partial charge on any atom is -0.382 e. The molecule has 1 aromatic carbocycles. The van der Waals surface area contributed by atoms with Crippen LogP contribution in [0.5, 0.6) is 0 Å². The number of rotatable bonds is 3. The van der Waals surface area contributed by atoms with Crippen LogP contribution in [0.3, 0.4) is 0 Å². The summed E-state index contributed by atoms with van der Waals surface area (Å²) >= 11 is 0. The smallest absolute Gasteiger partial charge is 0.137 e. The van der Waals surface area contributed by atoms with Gasteiger partial charge in [0.2, 0.25) is 0 Å². The van der Waals surface area contributed by atoms with Crippen molar-refractivity contribution >= 4 is 6.08 Å². The Labute approximate surface area is 128 Å². The Bertz CT molecular complexity index is 717. The molecule has 4 nitrogen and oxygen atoms in total. The van der Waals surface area contributed by atoms with Crippen molar-refractivity contribution < 1.29 is 9.50 Å². The van der Waals surface area contributed by atoms with Crippen molar-refractivity contribution in [2.24, 2.45) is 5.41 Å². The van der Waals surface area contributed by atoms with Gasteiger partial charge in [0.05, 0.1) is 6.54 Å². The average Bonchev–Trinajstić information content (AvgIpc) is 3.04. The number of aliphatic hydroxyl groups is 1. The van der Waals surface area contributed by atoms with E-state index in [4.69, 9.17) is 0 Å². The summed E-state index contributed by atoms with van der Waals surface area (Å²) in [6, 6.07) is 6.20. The third-order valence-corrected chi connectivity index (χ3v) is 4.27. The standard InChI is InChI=1S/C17H18FN3O/c1-16(2)8-7-14(9-13-3-5-15(18)6-4-13)17(16,22)10-21-12-19-11-20-21/h3-9,11-12,22H,10H2,1-2H3/b14-9-. The van der Waals surface area contributed by atoms with Crippen LogP contribution in [0.4, 0.5) is 4.39 Å². The van der Waals surface area contributed by atoms with Gasteiger partial charge in [0.1, 0.15) is 24.1 Å². The van der Waals surface area contributed by atoms with E-state index in [1.54, 1.807) is 23.1 Å². The molecule has 1 atom stereocenters. The van der Waals surface area contributed by atoms with Crippen LogP contribution in [0.15, 0.2) is 54.6 Å². The molecule has 1 unspecified atom stereocenters. The normalized spacial score (nSPS) is 25.0. The third-order valence-electron chi connectivity index (χ3n) is 4.27. The molecule has 1 aliphatic carbocycles. The summed E-state index contributed by atoms with van der Waals surface area (Å²) in [5, 5.41) is 15.4. The first kappa shape index (κ1) is 14.7. The highest BCUT2D eigenvalue weighted by atomic mass is 19.1. The Hall–Kier alpha value is -2.27. The molecular weight excluding hydrogens is 281 g/mol. The van der Waals surface area contributed by atoms with Gasteiger partial charge in [0.15, 0.2) is 0 Å². The zero-order valence-corrected chi connectivity index (χ0v) is 12.6. The van der Waals surface area contributed by atoms with E-state index in [1.807, 2.05) is 32.1 Å². The van der Waals surface area contributed by atoms with E-state index in [2.05, 4.69) is 10.1 Å². The molecule has 0 aliphatic heterocycles. The molecule has 1 N–H and O–H groups in total. The van der Waals surface area contributed by atoms with Crippen molar-refractivity contribution in [1.82, 2.24) is 14.8 Å². The van der Waals surface area contributed by atoms with Gasteiger partial charge in [-0.3, -0.25) is 0 Å². The Morgan fingerprint density at radius 3 is 2.64 bits per heavy atom. The van der Waals surface area contributed by atoms with Crippen LogP contribution in [-0.2, 0) is 6.54 Å². The molecule has 22 heavy (non-hydrogen) atoms. The van der Waals surface area contributed by atoms with E-state index in [0.29, 0.717) is 6.54 Å². The van der Waals surface area contributed by atoms with Gasteiger partial charge in [-0.05, 0) is 29.3 Å². The monoisotopic (exact) mass is 299 g/mol. The Balaban J connectivity index is 1.98. The predicted octanol–water partition coefficient (Wildman–Crippen LogP) is 2.83. The number of benzene rings is 1. The molecule has 2 aromatic rings. The number of hydrogen-bond acceptors (Lipinski definition) is 3. The van der Waals surface area contributed by atoms with Crippen molar-refractivity contribution in [1.29, 1.82) is 0 Å². The zero-order valence-electron chi connectivity index (χ0n) is 12.6. The second-order valence-corrected chi connectivity index (χ2v) is 6.16. The van der Waals surface area contributed by atoms with Crippen molar-refractivity contribution in [3.8, 4) is 0 Å². The lowest BCUT2D eigenvalue weighted by atomic mass is 9.75. The highest BCUT2D eigenvalue weighted by Crippen LogP contribution is 2.45. The molecule has 0 spiro atoms. The van der Waals surface area contributed by atoms with E-state index in [0.717, 1.165) is 11.1 Å².